The minimum Gasteiger partial charge on any atom is -0.493 e. The van der Waals surface area contributed by atoms with Crippen LogP contribution < -0.4 is 14.8 Å². The molecule has 1 aromatic rings. The maximum Gasteiger partial charge on any atom is 0.161 e. The zero-order chi connectivity index (χ0) is 14.5. The Labute approximate surface area is 120 Å². The van der Waals surface area contributed by atoms with Gasteiger partial charge in [-0.1, -0.05) is 0 Å². The highest BCUT2D eigenvalue weighted by molar-refractivity contribution is 5.48. The predicted molar refractivity (Wildman–Crippen MR) is 78.5 cm³/mol. The largest absolute Gasteiger partial charge is 0.493 e. The van der Waals surface area contributed by atoms with Crippen molar-refractivity contribution in [3.63, 3.8) is 0 Å². The number of fused-ring (bicyclic) bond motifs is 1. The molecule has 0 radical (unpaired) electrons. The van der Waals surface area contributed by atoms with Crippen LogP contribution in [0, 0.1) is 0 Å². The minimum atomic E-state index is -0.332. The van der Waals surface area contributed by atoms with Gasteiger partial charge in [-0.15, -0.1) is 0 Å². The third kappa shape index (κ3) is 3.42. The smallest absolute Gasteiger partial charge is 0.161 e. The standard InChI is InChI=1S/C15H24N2O3/c1-16-8-13(18)10-17-5-4-11-6-14(19-2)15(20-3)7-12(11)9-17/h6-7,13,16,18H,4-5,8-10H2,1-3H3. The second kappa shape index (κ2) is 6.92. The van der Waals surface area contributed by atoms with E-state index in [1.54, 1.807) is 14.2 Å². The lowest BCUT2D eigenvalue weighted by Gasteiger charge is -2.31. The molecule has 1 aromatic carbocycles. The topological polar surface area (TPSA) is 54.0 Å². The van der Waals surface area contributed by atoms with Crippen LogP contribution in [0.3, 0.4) is 0 Å². The lowest BCUT2D eigenvalue weighted by molar-refractivity contribution is 0.106. The Kier molecular flexibility index (Phi) is 5.23. The number of hydrogen-bond donors (Lipinski definition) is 2. The van der Waals surface area contributed by atoms with Crippen molar-refractivity contribution in [2.75, 3.05) is 40.9 Å². The van der Waals surface area contributed by atoms with Gasteiger partial charge in [0.25, 0.3) is 0 Å². The second-order valence-electron chi connectivity index (χ2n) is 5.17. The number of nitrogens with zero attached hydrogens (tertiary/aromatic N) is 1. The van der Waals surface area contributed by atoms with Crippen LogP contribution in [0.1, 0.15) is 11.1 Å². The molecular formula is C15H24N2O3. The number of rotatable bonds is 6. The maximum absolute atomic E-state index is 9.88. The number of hydrogen-bond acceptors (Lipinski definition) is 5. The molecule has 0 bridgehead atoms. The van der Waals surface area contributed by atoms with Crippen LogP contribution in [0.2, 0.25) is 0 Å². The average Bonchev–Trinajstić information content (AvgIpc) is 2.45. The van der Waals surface area contributed by atoms with Gasteiger partial charge in [-0.25, -0.2) is 0 Å². The van der Waals surface area contributed by atoms with E-state index >= 15 is 0 Å². The van der Waals surface area contributed by atoms with Crippen molar-refractivity contribution in [2.45, 2.75) is 19.1 Å². The van der Waals surface area contributed by atoms with Crippen molar-refractivity contribution in [3.05, 3.63) is 23.3 Å². The zero-order valence-electron chi connectivity index (χ0n) is 12.5. The van der Waals surface area contributed by atoms with Crippen molar-refractivity contribution in [2.24, 2.45) is 0 Å². The number of methoxy groups -OCH3 is 2. The Morgan fingerprint density at radius 3 is 2.50 bits per heavy atom. The Balaban J connectivity index is 2.09. The first-order valence-corrected chi connectivity index (χ1v) is 6.96. The molecule has 1 unspecified atom stereocenters. The molecule has 1 atom stereocenters. The van der Waals surface area contributed by atoms with E-state index < -0.39 is 0 Å². The molecule has 0 saturated heterocycles. The van der Waals surface area contributed by atoms with Crippen molar-refractivity contribution in [3.8, 4) is 11.5 Å². The van der Waals surface area contributed by atoms with Gasteiger partial charge in [0.2, 0.25) is 0 Å². The van der Waals surface area contributed by atoms with Gasteiger partial charge < -0.3 is 19.9 Å². The number of ether oxygens (including phenoxy) is 2. The molecule has 5 nitrogen and oxygen atoms in total. The molecule has 2 N–H and O–H groups in total. The summed E-state index contributed by atoms with van der Waals surface area (Å²) in [7, 11) is 5.17. The molecular weight excluding hydrogens is 256 g/mol. The molecule has 112 valence electrons. The van der Waals surface area contributed by atoms with E-state index in [1.165, 1.54) is 11.1 Å². The van der Waals surface area contributed by atoms with Gasteiger partial charge in [-0.05, 0) is 36.7 Å². The van der Waals surface area contributed by atoms with E-state index in [0.29, 0.717) is 13.1 Å². The maximum atomic E-state index is 9.88. The monoisotopic (exact) mass is 280 g/mol. The van der Waals surface area contributed by atoms with E-state index in [9.17, 15) is 5.11 Å². The van der Waals surface area contributed by atoms with E-state index in [2.05, 4.69) is 16.3 Å². The quantitative estimate of drug-likeness (QED) is 0.801. The Bertz CT molecular complexity index is 451. The summed E-state index contributed by atoms with van der Waals surface area (Å²) in [4.78, 5) is 2.27. The lowest BCUT2D eigenvalue weighted by atomic mass is 9.98. The Morgan fingerprint density at radius 1 is 1.25 bits per heavy atom. The molecule has 0 aromatic heterocycles. The average molecular weight is 280 g/mol. The van der Waals surface area contributed by atoms with E-state index in [0.717, 1.165) is 31.0 Å². The zero-order valence-corrected chi connectivity index (χ0v) is 12.5. The summed E-state index contributed by atoms with van der Waals surface area (Å²) >= 11 is 0. The third-order valence-electron chi connectivity index (χ3n) is 3.71. The Morgan fingerprint density at radius 2 is 1.90 bits per heavy atom. The van der Waals surface area contributed by atoms with Crippen LogP contribution in [0.25, 0.3) is 0 Å². The SMILES string of the molecule is CNCC(O)CN1CCc2cc(OC)c(OC)cc2C1. The highest BCUT2D eigenvalue weighted by Crippen LogP contribution is 2.33. The molecule has 0 amide bonds. The van der Waals surface area contributed by atoms with Gasteiger partial charge in [0, 0.05) is 26.2 Å². The Hall–Kier alpha value is -1.30. The number of nitrogens with one attached hydrogen (secondary N) is 1. The van der Waals surface area contributed by atoms with E-state index in [1.807, 2.05) is 13.1 Å². The first-order chi connectivity index (χ1) is 9.67. The molecule has 0 fully saturated rings. The van der Waals surface area contributed by atoms with Gasteiger partial charge >= 0.3 is 0 Å². The molecule has 1 heterocycles. The number of aliphatic hydroxyl groups is 1. The first kappa shape index (κ1) is 15.1. The molecule has 2 rings (SSSR count). The van der Waals surface area contributed by atoms with Gasteiger partial charge in [-0.3, -0.25) is 4.90 Å². The van der Waals surface area contributed by atoms with Gasteiger partial charge in [0.05, 0.1) is 20.3 Å². The number of likely N-dealkylation sites (N-methyl/N-ethyl adjacent to an activating group) is 1. The molecule has 20 heavy (non-hydrogen) atoms. The number of β-amino-alcohol motifs (C(OH)–C–C–N with tert-alkyl or cyclic N) is 1. The van der Waals surface area contributed by atoms with Crippen molar-refractivity contribution < 1.29 is 14.6 Å². The van der Waals surface area contributed by atoms with Gasteiger partial charge in [0.15, 0.2) is 11.5 Å². The van der Waals surface area contributed by atoms with Crippen molar-refractivity contribution >= 4 is 0 Å². The third-order valence-corrected chi connectivity index (χ3v) is 3.71. The fraction of sp³-hybridized carbons (Fsp3) is 0.600. The highest BCUT2D eigenvalue weighted by Gasteiger charge is 2.20. The molecule has 1 aliphatic heterocycles. The second-order valence-corrected chi connectivity index (χ2v) is 5.17. The predicted octanol–water partition coefficient (Wildman–Crippen LogP) is 0.642. The normalized spacial score (nSPS) is 16.6. The van der Waals surface area contributed by atoms with Crippen molar-refractivity contribution in [1.29, 1.82) is 0 Å². The lowest BCUT2D eigenvalue weighted by Crippen LogP contribution is -2.40. The van der Waals surface area contributed by atoms with E-state index in [4.69, 9.17) is 9.47 Å². The van der Waals surface area contributed by atoms with Crippen LogP contribution in [-0.4, -0.2) is 57.0 Å². The number of benzene rings is 1. The summed E-state index contributed by atoms with van der Waals surface area (Å²) in [6.07, 6.45) is 0.642. The van der Waals surface area contributed by atoms with Crippen LogP contribution in [0.4, 0.5) is 0 Å². The minimum absolute atomic E-state index is 0.332. The fourth-order valence-corrected chi connectivity index (χ4v) is 2.70. The highest BCUT2D eigenvalue weighted by atomic mass is 16.5. The van der Waals surface area contributed by atoms with Gasteiger partial charge in [-0.2, -0.15) is 0 Å². The molecule has 5 heteroatoms. The van der Waals surface area contributed by atoms with E-state index in [-0.39, 0.29) is 6.10 Å². The number of aliphatic hydroxyl groups excluding tert-OH is 1. The molecule has 0 aliphatic carbocycles. The summed E-state index contributed by atoms with van der Waals surface area (Å²) in [5, 5.41) is 12.9. The van der Waals surface area contributed by atoms with Crippen LogP contribution in [0.5, 0.6) is 11.5 Å². The van der Waals surface area contributed by atoms with Crippen molar-refractivity contribution in [1.82, 2.24) is 10.2 Å². The van der Waals surface area contributed by atoms with Crippen LogP contribution in [0.15, 0.2) is 12.1 Å². The molecule has 0 spiro atoms. The van der Waals surface area contributed by atoms with Crippen LogP contribution in [-0.2, 0) is 13.0 Å². The summed E-state index contributed by atoms with van der Waals surface area (Å²) < 4.78 is 10.7. The summed E-state index contributed by atoms with van der Waals surface area (Å²) in [6.45, 7) is 3.11. The fourth-order valence-electron chi connectivity index (χ4n) is 2.70. The molecule has 0 saturated carbocycles. The van der Waals surface area contributed by atoms with Gasteiger partial charge in [0.1, 0.15) is 0 Å². The van der Waals surface area contributed by atoms with Crippen LogP contribution >= 0.6 is 0 Å². The first-order valence-electron chi connectivity index (χ1n) is 6.96. The summed E-state index contributed by atoms with van der Waals surface area (Å²) in [6, 6.07) is 4.11. The summed E-state index contributed by atoms with van der Waals surface area (Å²) in [5.74, 6) is 1.55. The summed E-state index contributed by atoms with van der Waals surface area (Å²) in [5.41, 5.74) is 2.56. The molecule has 1 aliphatic rings.